The Morgan fingerprint density at radius 2 is 2.14 bits per heavy atom. The van der Waals surface area contributed by atoms with Crippen molar-refractivity contribution in [2.45, 2.75) is 31.8 Å². The molecule has 21 heavy (non-hydrogen) atoms. The van der Waals surface area contributed by atoms with Crippen molar-refractivity contribution in [3.8, 4) is 0 Å². The molecular weight excluding hydrogens is 266 g/mol. The summed E-state index contributed by atoms with van der Waals surface area (Å²) in [5.41, 5.74) is 0.951. The number of hydrogen-bond acceptors (Lipinski definition) is 3. The van der Waals surface area contributed by atoms with E-state index in [0.717, 1.165) is 25.0 Å². The van der Waals surface area contributed by atoms with E-state index in [1.54, 1.807) is 6.92 Å². The Balaban J connectivity index is 1.77. The molecule has 1 amide bonds. The highest BCUT2D eigenvalue weighted by Gasteiger charge is 2.26. The molecule has 0 aliphatic carbocycles. The highest BCUT2D eigenvalue weighted by Crippen LogP contribution is 2.23. The molecule has 1 unspecified atom stereocenters. The maximum absolute atomic E-state index is 12.0. The summed E-state index contributed by atoms with van der Waals surface area (Å²) in [5, 5.41) is 13.3. The second kappa shape index (κ2) is 7.38. The molecule has 1 atom stereocenters. The van der Waals surface area contributed by atoms with Crippen LogP contribution in [0.3, 0.4) is 0 Å². The smallest absolute Gasteiger partial charge is 0.223 e. The van der Waals surface area contributed by atoms with E-state index in [9.17, 15) is 9.90 Å². The van der Waals surface area contributed by atoms with E-state index in [4.69, 9.17) is 4.74 Å². The van der Waals surface area contributed by atoms with Crippen LogP contribution in [0.25, 0.3) is 0 Å². The number of nitrogens with one attached hydrogen (secondary N) is 1. The van der Waals surface area contributed by atoms with Crippen molar-refractivity contribution in [3.05, 3.63) is 47.5 Å². The van der Waals surface area contributed by atoms with Crippen LogP contribution in [0.1, 0.15) is 31.7 Å². The summed E-state index contributed by atoms with van der Waals surface area (Å²) in [5.74, 6) is -0.128. The number of benzene rings is 1. The van der Waals surface area contributed by atoms with Crippen LogP contribution in [0, 0.1) is 0 Å². The van der Waals surface area contributed by atoms with Crippen molar-refractivity contribution < 1.29 is 14.6 Å². The van der Waals surface area contributed by atoms with Crippen LogP contribution in [-0.2, 0) is 15.1 Å². The molecule has 1 heterocycles. The molecule has 1 aromatic rings. The first-order valence-corrected chi connectivity index (χ1v) is 7.38. The minimum atomic E-state index is -1.14. The van der Waals surface area contributed by atoms with Gasteiger partial charge in [0.25, 0.3) is 0 Å². The number of hydrogen-bond donors (Lipinski definition) is 2. The average Bonchev–Trinajstić information content (AvgIpc) is 2.49. The fourth-order valence-electron chi connectivity index (χ4n) is 2.43. The van der Waals surface area contributed by atoms with Gasteiger partial charge in [0.1, 0.15) is 0 Å². The molecule has 0 aromatic heterocycles. The lowest BCUT2D eigenvalue weighted by Crippen LogP contribution is -2.33. The molecule has 4 nitrogen and oxygen atoms in total. The third-order valence-corrected chi connectivity index (χ3v) is 3.73. The second-order valence-corrected chi connectivity index (χ2v) is 5.60. The fraction of sp³-hybridized carbons (Fsp3) is 0.471. The van der Waals surface area contributed by atoms with Crippen LogP contribution in [0.5, 0.6) is 0 Å². The van der Waals surface area contributed by atoms with Gasteiger partial charge in [-0.15, -0.1) is 0 Å². The molecule has 0 saturated heterocycles. The Hall–Kier alpha value is -1.65. The van der Waals surface area contributed by atoms with Gasteiger partial charge in [-0.25, -0.2) is 0 Å². The lowest BCUT2D eigenvalue weighted by Gasteiger charge is -2.23. The first kappa shape index (κ1) is 15.7. The fourth-order valence-corrected chi connectivity index (χ4v) is 2.43. The van der Waals surface area contributed by atoms with Gasteiger partial charge in [0.15, 0.2) is 0 Å². The Bertz CT molecular complexity index is 494. The molecular formula is C17H23NO3. The summed E-state index contributed by atoms with van der Waals surface area (Å²) in [6.07, 6.45) is 3.94. The Kier molecular flexibility index (Phi) is 5.53. The van der Waals surface area contributed by atoms with Crippen LogP contribution in [0.2, 0.25) is 0 Å². The zero-order valence-corrected chi connectivity index (χ0v) is 12.5. The molecule has 0 radical (unpaired) electrons. The predicted molar refractivity (Wildman–Crippen MR) is 81.8 cm³/mol. The summed E-state index contributed by atoms with van der Waals surface area (Å²) in [6, 6.07) is 9.28. The summed E-state index contributed by atoms with van der Waals surface area (Å²) in [7, 11) is 0. The average molecular weight is 289 g/mol. The van der Waals surface area contributed by atoms with Gasteiger partial charge < -0.3 is 15.2 Å². The van der Waals surface area contributed by atoms with E-state index in [-0.39, 0.29) is 12.3 Å². The van der Waals surface area contributed by atoms with Crippen molar-refractivity contribution in [2.24, 2.45) is 0 Å². The van der Waals surface area contributed by atoms with Gasteiger partial charge in [-0.1, -0.05) is 42.0 Å². The van der Waals surface area contributed by atoms with Crippen LogP contribution in [0.4, 0.5) is 0 Å². The van der Waals surface area contributed by atoms with Gasteiger partial charge >= 0.3 is 0 Å². The van der Waals surface area contributed by atoms with Crippen molar-refractivity contribution >= 4 is 5.91 Å². The van der Waals surface area contributed by atoms with Crippen molar-refractivity contribution in [3.63, 3.8) is 0 Å². The van der Waals surface area contributed by atoms with E-state index >= 15 is 0 Å². The largest absolute Gasteiger partial charge is 0.385 e. The van der Waals surface area contributed by atoms with Gasteiger partial charge in [0, 0.05) is 6.54 Å². The zero-order valence-electron chi connectivity index (χ0n) is 12.5. The lowest BCUT2D eigenvalue weighted by molar-refractivity contribution is -0.125. The number of rotatable bonds is 6. The second-order valence-electron chi connectivity index (χ2n) is 5.60. The Morgan fingerprint density at radius 3 is 2.81 bits per heavy atom. The number of aliphatic hydroxyl groups is 1. The molecule has 0 spiro atoms. The minimum Gasteiger partial charge on any atom is -0.385 e. The van der Waals surface area contributed by atoms with Crippen LogP contribution in [0.15, 0.2) is 42.0 Å². The molecule has 2 N–H and O–H groups in total. The summed E-state index contributed by atoms with van der Waals surface area (Å²) in [4.78, 5) is 12.0. The molecule has 1 aliphatic rings. The van der Waals surface area contributed by atoms with Gasteiger partial charge in [-0.3, -0.25) is 4.79 Å². The molecule has 114 valence electrons. The SMILES string of the molecule is CC(O)(CC(=O)NCCC1=CCOCC1)c1ccccc1. The topological polar surface area (TPSA) is 58.6 Å². The summed E-state index contributed by atoms with van der Waals surface area (Å²) in [6.45, 7) is 3.72. The van der Waals surface area contributed by atoms with E-state index in [1.807, 2.05) is 30.3 Å². The number of ether oxygens (including phenoxy) is 1. The first-order chi connectivity index (χ1) is 10.1. The Labute approximate surface area is 125 Å². The normalized spacial score (nSPS) is 17.7. The highest BCUT2D eigenvalue weighted by molar-refractivity contribution is 5.77. The molecule has 0 saturated carbocycles. The first-order valence-electron chi connectivity index (χ1n) is 7.38. The van der Waals surface area contributed by atoms with Gasteiger partial charge in [0.05, 0.1) is 25.2 Å². The third kappa shape index (κ3) is 4.99. The predicted octanol–water partition coefficient (Wildman–Crippen LogP) is 2.14. The maximum atomic E-state index is 12.0. The number of carbonyl (C=O) groups excluding carboxylic acids is 1. The van der Waals surface area contributed by atoms with E-state index < -0.39 is 5.60 Å². The van der Waals surface area contributed by atoms with E-state index in [0.29, 0.717) is 13.2 Å². The standard InChI is InChI=1S/C17H23NO3/c1-17(20,15-5-3-2-4-6-15)13-16(19)18-10-7-14-8-11-21-12-9-14/h2-6,8,20H,7,9-13H2,1H3,(H,18,19). The van der Waals surface area contributed by atoms with Crippen molar-refractivity contribution in [2.75, 3.05) is 19.8 Å². The molecule has 0 fully saturated rings. The highest BCUT2D eigenvalue weighted by atomic mass is 16.5. The third-order valence-electron chi connectivity index (χ3n) is 3.73. The molecule has 0 bridgehead atoms. The lowest BCUT2D eigenvalue weighted by atomic mass is 9.92. The van der Waals surface area contributed by atoms with Crippen molar-refractivity contribution in [1.82, 2.24) is 5.32 Å². The number of amides is 1. The quantitative estimate of drug-likeness (QED) is 0.789. The van der Waals surface area contributed by atoms with Crippen LogP contribution >= 0.6 is 0 Å². The van der Waals surface area contributed by atoms with Gasteiger partial charge in [-0.05, 0) is 25.3 Å². The minimum absolute atomic E-state index is 0.0686. The molecule has 1 aromatic carbocycles. The van der Waals surface area contributed by atoms with Crippen molar-refractivity contribution in [1.29, 1.82) is 0 Å². The zero-order chi connectivity index (χ0) is 15.1. The van der Waals surface area contributed by atoms with Crippen LogP contribution < -0.4 is 5.32 Å². The number of carbonyl (C=O) groups is 1. The van der Waals surface area contributed by atoms with E-state index in [2.05, 4.69) is 11.4 Å². The molecule has 4 heteroatoms. The Morgan fingerprint density at radius 1 is 1.38 bits per heavy atom. The summed E-state index contributed by atoms with van der Waals surface area (Å²) >= 11 is 0. The van der Waals surface area contributed by atoms with Crippen LogP contribution in [-0.4, -0.2) is 30.8 Å². The summed E-state index contributed by atoms with van der Waals surface area (Å²) < 4.78 is 5.25. The van der Waals surface area contributed by atoms with Gasteiger partial charge in [-0.2, -0.15) is 0 Å². The monoisotopic (exact) mass is 289 g/mol. The van der Waals surface area contributed by atoms with E-state index in [1.165, 1.54) is 5.57 Å². The maximum Gasteiger partial charge on any atom is 0.223 e. The molecule has 2 rings (SSSR count). The molecule has 1 aliphatic heterocycles. The van der Waals surface area contributed by atoms with Gasteiger partial charge in [0.2, 0.25) is 5.91 Å².